The number of amides is 2. The zero-order valence-electron chi connectivity index (χ0n) is 16.8. The third kappa shape index (κ3) is 4.35. The Morgan fingerprint density at radius 3 is 2.62 bits per heavy atom. The highest BCUT2D eigenvalue weighted by Gasteiger charge is 2.61. The van der Waals surface area contributed by atoms with Crippen LogP contribution in [0.5, 0.6) is 5.75 Å². The molecule has 2 aromatic rings. The first-order valence-corrected chi connectivity index (χ1v) is 9.59. The number of aromatic nitrogens is 1. The lowest BCUT2D eigenvalue weighted by molar-refractivity contribution is -0.261. The van der Waals surface area contributed by atoms with Gasteiger partial charge in [0, 0.05) is 23.4 Å². The second-order valence-electron chi connectivity index (χ2n) is 7.34. The monoisotopic (exact) mass is 475 g/mol. The number of nitrogens with zero attached hydrogens (tertiary/aromatic N) is 1. The number of carbonyl (C=O) groups is 2. The van der Waals surface area contributed by atoms with Gasteiger partial charge in [-0.05, 0) is 31.5 Å². The molecule has 0 bridgehead atoms. The summed E-state index contributed by atoms with van der Waals surface area (Å²) in [5.41, 5.74) is 2.49. The zero-order valence-corrected chi connectivity index (χ0v) is 17.6. The number of halogens is 5. The van der Waals surface area contributed by atoms with Gasteiger partial charge in [0.1, 0.15) is 28.4 Å². The second kappa shape index (κ2) is 8.55. The van der Waals surface area contributed by atoms with Gasteiger partial charge in [0.05, 0.1) is 7.11 Å². The molecule has 7 nitrogen and oxygen atoms in total. The second-order valence-corrected chi connectivity index (χ2v) is 7.72. The predicted octanol–water partition coefficient (Wildman–Crippen LogP) is 3.81. The van der Waals surface area contributed by atoms with E-state index in [-0.39, 0.29) is 22.7 Å². The Kier molecular flexibility index (Phi) is 6.34. The van der Waals surface area contributed by atoms with Crippen LogP contribution in [0.15, 0.2) is 30.5 Å². The van der Waals surface area contributed by atoms with E-state index in [9.17, 15) is 27.2 Å². The number of pyridine rings is 1. The number of rotatable bonds is 5. The van der Waals surface area contributed by atoms with Gasteiger partial charge in [-0.2, -0.15) is 13.2 Å². The van der Waals surface area contributed by atoms with Gasteiger partial charge in [-0.3, -0.25) is 14.6 Å². The van der Waals surface area contributed by atoms with Gasteiger partial charge in [-0.15, -0.1) is 0 Å². The molecule has 3 atom stereocenters. The maximum atomic E-state index is 13.9. The van der Waals surface area contributed by atoms with Crippen LogP contribution >= 0.6 is 11.6 Å². The van der Waals surface area contributed by atoms with E-state index < -0.39 is 52.9 Å². The summed E-state index contributed by atoms with van der Waals surface area (Å²) >= 11 is 5.93. The van der Waals surface area contributed by atoms with Crippen LogP contribution in [-0.2, 0) is 9.53 Å². The quantitative estimate of drug-likeness (QED) is 0.640. The number of carbonyl (C=O) groups excluding carboxylic acids is 2. The van der Waals surface area contributed by atoms with Gasteiger partial charge in [-0.1, -0.05) is 17.7 Å². The van der Waals surface area contributed by atoms with Crippen molar-refractivity contribution in [3.8, 4) is 5.75 Å². The van der Waals surface area contributed by atoms with Gasteiger partial charge < -0.3 is 20.5 Å². The molecule has 1 aromatic heterocycles. The Labute approximate surface area is 184 Å². The van der Waals surface area contributed by atoms with Crippen LogP contribution in [0.3, 0.4) is 0 Å². The van der Waals surface area contributed by atoms with E-state index in [1.54, 1.807) is 0 Å². The number of ether oxygens (including phenoxy) is 2. The molecule has 1 aliphatic heterocycles. The number of primary amides is 1. The Morgan fingerprint density at radius 2 is 2.03 bits per heavy atom. The molecule has 12 heteroatoms. The fourth-order valence-electron chi connectivity index (χ4n) is 3.53. The lowest BCUT2D eigenvalue weighted by Gasteiger charge is -2.27. The summed E-state index contributed by atoms with van der Waals surface area (Å²) in [4.78, 5) is 28.0. The highest BCUT2D eigenvalue weighted by Crippen LogP contribution is 2.52. The van der Waals surface area contributed by atoms with Crippen LogP contribution in [-0.4, -0.2) is 41.8 Å². The minimum atomic E-state index is -4.80. The number of alkyl halides is 3. The van der Waals surface area contributed by atoms with Crippen molar-refractivity contribution >= 4 is 29.1 Å². The van der Waals surface area contributed by atoms with E-state index in [0.717, 1.165) is 13.0 Å². The van der Waals surface area contributed by atoms with Crippen LogP contribution in [0.1, 0.15) is 35.3 Å². The molecule has 172 valence electrons. The molecule has 2 heterocycles. The van der Waals surface area contributed by atoms with Crippen molar-refractivity contribution in [2.75, 3.05) is 12.4 Å². The van der Waals surface area contributed by atoms with E-state index in [1.165, 1.54) is 31.5 Å². The lowest BCUT2D eigenvalue weighted by Crippen LogP contribution is -2.43. The average Bonchev–Trinajstić information content (AvgIpc) is 3.09. The SMILES string of the molecule is COc1c([C@H]2C[C@@](C)(C(F)(F)F)O[C@H]2C(=O)Nc2ccnc(C(N)=O)c2)ccc(F)c1Cl. The fourth-order valence-corrected chi connectivity index (χ4v) is 3.78. The van der Waals surface area contributed by atoms with E-state index in [2.05, 4.69) is 10.3 Å². The van der Waals surface area contributed by atoms with Gasteiger partial charge in [0.25, 0.3) is 11.8 Å². The molecule has 0 spiro atoms. The number of hydrogen-bond donors (Lipinski definition) is 2. The molecule has 1 aliphatic rings. The maximum absolute atomic E-state index is 13.9. The molecular formula is C20H18ClF4N3O4. The number of anilines is 1. The summed E-state index contributed by atoms with van der Waals surface area (Å²) in [5, 5.41) is 1.98. The molecule has 1 saturated heterocycles. The molecule has 3 rings (SSSR count). The summed E-state index contributed by atoms with van der Waals surface area (Å²) < 4.78 is 65.4. The highest BCUT2D eigenvalue weighted by molar-refractivity contribution is 6.32. The van der Waals surface area contributed by atoms with Crippen molar-refractivity contribution in [1.82, 2.24) is 4.98 Å². The Hall–Kier alpha value is -2.92. The first kappa shape index (κ1) is 23.7. The largest absolute Gasteiger partial charge is 0.495 e. The van der Waals surface area contributed by atoms with Crippen molar-refractivity contribution in [3.05, 3.63) is 52.6 Å². The number of nitrogens with two attached hydrogens (primary N) is 1. The van der Waals surface area contributed by atoms with Gasteiger partial charge in [-0.25, -0.2) is 4.39 Å². The number of nitrogens with one attached hydrogen (secondary N) is 1. The summed E-state index contributed by atoms with van der Waals surface area (Å²) in [5.74, 6) is -3.98. The number of hydrogen-bond acceptors (Lipinski definition) is 5. The molecular weight excluding hydrogens is 458 g/mol. The third-order valence-corrected chi connectivity index (χ3v) is 5.54. The topological polar surface area (TPSA) is 104 Å². The van der Waals surface area contributed by atoms with E-state index in [4.69, 9.17) is 26.8 Å². The van der Waals surface area contributed by atoms with Crippen LogP contribution < -0.4 is 15.8 Å². The first-order chi connectivity index (χ1) is 14.9. The third-order valence-electron chi connectivity index (χ3n) is 5.18. The minimum Gasteiger partial charge on any atom is -0.495 e. The normalized spacial score (nSPS) is 23.1. The number of benzene rings is 1. The zero-order chi connectivity index (χ0) is 23.8. The summed E-state index contributed by atoms with van der Waals surface area (Å²) in [6.45, 7) is 0.822. The smallest absolute Gasteiger partial charge is 0.417 e. The fraction of sp³-hybridized carbons (Fsp3) is 0.350. The van der Waals surface area contributed by atoms with Crippen LogP contribution in [0.4, 0.5) is 23.2 Å². The standard InChI is InChI=1S/C20H18ClF4N3O4/c1-19(20(23,24)25)8-11(10-3-4-12(22)14(21)15(10)31-2)16(32-19)18(30)28-9-5-6-27-13(7-9)17(26)29/h3-7,11,16H,8H2,1-2H3,(H2,26,29)(H,27,28,30)/t11-,16-,19+/m1/s1. The molecule has 0 unspecified atom stereocenters. The van der Waals surface area contributed by atoms with Crippen LogP contribution in [0.2, 0.25) is 5.02 Å². The Morgan fingerprint density at radius 1 is 1.34 bits per heavy atom. The van der Waals surface area contributed by atoms with Gasteiger partial charge in [0.15, 0.2) is 5.60 Å². The maximum Gasteiger partial charge on any atom is 0.417 e. The summed E-state index contributed by atoms with van der Waals surface area (Å²) in [6, 6.07) is 4.67. The van der Waals surface area contributed by atoms with Crippen LogP contribution in [0, 0.1) is 5.82 Å². The van der Waals surface area contributed by atoms with Crippen molar-refractivity contribution < 1.29 is 36.6 Å². The molecule has 0 aliphatic carbocycles. The minimum absolute atomic E-state index is 0.0749. The van der Waals surface area contributed by atoms with Crippen molar-refractivity contribution in [3.63, 3.8) is 0 Å². The van der Waals surface area contributed by atoms with Gasteiger partial charge >= 0.3 is 6.18 Å². The van der Waals surface area contributed by atoms with E-state index in [1.807, 2.05) is 0 Å². The molecule has 32 heavy (non-hydrogen) atoms. The van der Waals surface area contributed by atoms with Crippen molar-refractivity contribution in [2.45, 2.75) is 37.1 Å². The first-order valence-electron chi connectivity index (χ1n) is 9.21. The molecule has 2 amide bonds. The predicted molar refractivity (Wildman–Crippen MR) is 106 cm³/mol. The summed E-state index contributed by atoms with van der Waals surface area (Å²) in [7, 11) is 1.18. The lowest BCUT2D eigenvalue weighted by atomic mass is 9.86. The van der Waals surface area contributed by atoms with Crippen molar-refractivity contribution in [2.24, 2.45) is 5.73 Å². The van der Waals surface area contributed by atoms with Crippen LogP contribution in [0.25, 0.3) is 0 Å². The molecule has 0 radical (unpaired) electrons. The van der Waals surface area contributed by atoms with E-state index in [0.29, 0.717) is 0 Å². The molecule has 0 saturated carbocycles. The average molecular weight is 476 g/mol. The molecule has 3 N–H and O–H groups in total. The Balaban J connectivity index is 2.01. The highest BCUT2D eigenvalue weighted by atomic mass is 35.5. The molecule has 1 fully saturated rings. The number of methoxy groups -OCH3 is 1. The Bertz CT molecular complexity index is 1070. The van der Waals surface area contributed by atoms with Gasteiger partial charge in [0.2, 0.25) is 0 Å². The molecule has 1 aromatic carbocycles. The van der Waals surface area contributed by atoms with E-state index >= 15 is 0 Å². The van der Waals surface area contributed by atoms with Crippen molar-refractivity contribution in [1.29, 1.82) is 0 Å². The summed E-state index contributed by atoms with van der Waals surface area (Å²) in [6.07, 6.45) is -5.88.